The van der Waals surface area contributed by atoms with E-state index in [0.29, 0.717) is 19.1 Å². The summed E-state index contributed by atoms with van der Waals surface area (Å²) in [6.45, 7) is 9.49. The Kier molecular flexibility index (Phi) is 8.02. The number of methoxy groups -OCH3 is 1. The Balaban J connectivity index is 4.15. The van der Waals surface area contributed by atoms with Crippen molar-refractivity contribution in [3.63, 3.8) is 0 Å². The number of hydrogen-bond acceptors (Lipinski definition) is 3. The largest absolute Gasteiger partial charge is 0.390 e. The molecule has 3 heteroatoms. The molecule has 3 atom stereocenters. The molecule has 1 N–H and O–H groups in total. The number of aliphatic hydroxyl groups excluding tert-OH is 1. The summed E-state index contributed by atoms with van der Waals surface area (Å²) >= 11 is 0. The minimum absolute atomic E-state index is 0.0677. The first-order valence-electron chi connectivity index (χ1n) is 5.83. The Morgan fingerprint density at radius 1 is 1.20 bits per heavy atom. The number of aliphatic hydroxyl groups is 1. The van der Waals surface area contributed by atoms with Crippen LogP contribution in [0.15, 0.2) is 0 Å². The molecule has 0 bridgehead atoms. The summed E-state index contributed by atoms with van der Waals surface area (Å²) in [7, 11) is 1.68. The van der Waals surface area contributed by atoms with Crippen molar-refractivity contribution >= 4 is 0 Å². The van der Waals surface area contributed by atoms with E-state index < -0.39 is 6.10 Å². The monoisotopic (exact) mass is 218 g/mol. The molecule has 3 nitrogen and oxygen atoms in total. The van der Waals surface area contributed by atoms with E-state index in [2.05, 4.69) is 13.8 Å². The molecular weight excluding hydrogens is 192 g/mol. The second kappa shape index (κ2) is 8.08. The van der Waals surface area contributed by atoms with Crippen LogP contribution < -0.4 is 0 Å². The molecule has 0 aromatic rings. The zero-order chi connectivity index (χ0) is 11.8. The van der Waals surface area contributed by atoms with Crippen LogP contribution >= 0.6 is 0 Å². The van der Waals surface area contributed by atoms with Crippen LogP contribution in [0, 0.1) is 11.8 Å². The highest BCUT2D eigenvalue weighted by atomic mass is 16.5. The highest BCUT2D eigenvalue weighted by Gasteiger charge is 2.27. The van der Waals surface area contributed by atoms with Gasteiger partial charge in [0.05, 0.1) is 12.2 Å². The minimum atomic E-state index is -0.403. The van der Waals surface area contributed by atoms with E-state index in [1.165, 1.54) is 0 Å². The highest BCUT2D eigenvalue weighted by molar-refractivity contribution is 4.77. The topological polar surface area (TPSA) is 38.7 Å². The third kappa shape index (κ3) is 5.50. The van der Waals surface area contributed by atoms with Gasteiger partial charge in [-0.15, -0.1) is 0 Å². The smallest absolute Gasteiger partial charge is 0.0859 e. The normalized spacial score (nSPS) is 17.8. The van der Waals surface area contributed by atoms with Gasteiger partial charge < -0.3 is 14.6 Å². The van der Waals surface area contributed by atoms with Crippen molar-refractivity contribution in [2.24, 2.45) is 11.8 Å². The SMILES string of the molecule is CCOC(C(C)C)C(O)C(C)CCOC. The summed E-state index contributed by atoms with van der Waals surface area (Å²) in [5.74, 6) is 0.550. The lowest BCUT2D eigenvalue weighted by atomic mass is 9.91. The molecule has 3 unspecified atom stereocenters. The lowest BCUT2D eigenvalue weighted by Crippen LogP contribution is -2.38. The van der Waals surface area contributed by atoms with Crippen molar-refractivity contribution in [2.75, 3.05) is 20.3 Å². The summed E-state index contributed by atoms with van der Waals surface area (Å²) in [6.07, 6.45) is 0.399. The fourth-order valence-electron chi connectivity index (χ4n) is 1.68. The molecule has 0 heterocycles. The molecule has 0 aliphatic rings. The summed E-state index contributed by atoms with van der Waals surface area (Å²) in [4.78, 5) is 0. The third-order valence-corrected chi connectivity index (χ3v) is 2.71. The quantitative estimate of drug-likeness (QED) is 0.678. The van der Waals surface area contributed by atoms with E-state index >= 15 is 0 Å². The zero-order valence-corrected chi connectivity index (χ0v) is 10.7. The molecule has 0 rings (SSSR count). The first-order chi connectivity index (χ1) is 7.04. The molecule has 0 saturated heterocycles. The molecule has 0 aliphatic carbocycles. The molecule has 0 spiro atoms. The summed E-state index contributed by atoms with van der Waals surface area (Å²) in [5, 5.41) is 10.1. The third-order valence-electron chi connectivity index (χ3n) is 2.71. The van der Waals surface area contributed by atoms with Gasteiger partial charge in [-0.1, -0.05) is 20.8 Å². The predicted molar refractivity (Wildman–Crippen MR) is 61.9 cm³/mol. The zero-order valence-electron chi connectivity index (χ0n) is 10.7. The molecule has 92 valence electrons. The molecule has 0 aromatic heterocycles. The van der Waals surface area contributed by atoms with E-state index in [-0.39, 0.29) is 12.0 Å². The maximum Gasteiger partial charge on any atom is 0.0859 e. The van der Waals surface area contributed by atoms with Gasteiger partial charge >= 0.3 is 0 Å². The van der Waals surface area contributed by atoms with Crippen LogP contribution in [0.1, 0.15) is 34.1 Å². The molecule has 15 heavy (non-hydrogen) atoms. The number of ether oxygens (including phenoxy) is 2. The summed E-state index contributed by atoms with van der Waals surface area (Å²) < 4.78 is 10.6. The van der Waals surface area contributed by atoms with Gasteiger partial charge in [-0.2, -0.15) is 0 Å². The average Bonchev–Trinajstić information content (AvgIpc) is 2.21. The van der Waals surface area contributed by atoms with Gasteiger partial charge in [-0.3, -0.25) is 0 Å². The Bertz CT molecular complexity index is 148. The van der Waals surface area contributed by atoms with Crippen molar-refractivity contribution in [2.45, 2.75) is 46.3 Å². The minimum Gasteiger partial charge on any atom is -0.390 e. The summed E-state index contributed by atoms with van der Waals surface area (Å²) in [5.41, 5.74) is 0. The molecule has 0 radical (unpaired) electrons. The van der Waals surface area contributed by atoms with Crippen LogP contribution in [0.2, 0.25) is 0 Å². The maximum atomic E-state index is 10.1. The van der Waals surface area contributed by atoms with E-state index in [9.17, 15) is 5.11 Å². The Morgan fingerprint density at radius 2 is 1.80 bits per heavy atom. The molecule has 0 aromatic carbocycles. The van der Waals surface area contributed by atoms with Gasteiger partial charge in [0, 0.05) is 20.3 Å². The first-order valence-corrected chi connectivity index (χ1v) is 5.83. The van der Waals surface area contributed by atoms with E-state index in [1.54, 1.807) is 7.11 Å². The fourth-order valence-corrected chi connectivity index (χ4v) is 1.68. The molecular formula is C12H26O3. The molecule has 0 saturated carbocycles. The van der Waals surface area contributed by atoms with Gasteiger partial charge in [0.25, 0.3) is 0 Å². The number of rotatable bonds is 8. The van der Waals surface area contributed by atoms with Crippen molar-refractivity contribution in [3.05, 3.63) is 0 Å². The van der Waals surface area contributed by atoms with Crippen molar-refractivity contribution in [1.29, 1.82) is 0 Å². The van der Waals surface area contributed by atoms with Crippen LogP contribution in [0.3, 0.4) is 0 Å². The standard InChI is InChI=1S/C12H26O3/c1-6-15-12(9(2)3)11(13)10(4)7-8-14-5/h9-13H,6-8H2,1-5H3. The second-order valence-corrected chi connectivity index (χ2v) is 4.41. The highest BCUT2D eigenvalue weighted by Crippen LogP contribution is 2.19. The van der Waals surface area contributed by atoms with Gasteiger partial charge in [-0.05, 0) is 25.2 Å². The van der Waals surface area contributed by atoms with Gasteiger partial charge in [0.1, 0.15) is 0 Å². The van der Waals surface area contributed by atoms with Gasteiger partial charge in [0.2, 0.25) is 0 Å². The van der Waals surface area contributed by atoms with Crippen LogP contribution in [-0.2, 0) is 9.47 Å². The van der Waals surface area contributed by atoms with Crippen molar-refractivity contribution in [3.8, 4) is 0 Å². The van der Waals surface area contributed by atoms with E-state index in [0.717, 1.165) is 6.42 Å². The van der Waals surface area contributed by atoms with Crippen molar-refractivity contribution in [1.82, 2.24) is 0 Å². The average molecular weight is 218 g/mol. The lowest BCUT2D eigenvalue weighted by molar-refractivity contribution is -0.0804. The van der Waals surface area contributed by atoms with Crippen molar-refractivity contribution < 1.29 is 14.6 Å². The van der Waals surface area contributed by atoms with E-state index in [1.807, 2.05) is 13.8 Å². The Hall–Kier alpha value is -0.120. The maximum absolute atomic E-state index is 10.1. The van der Waals surface area contributed by atoms with Crippen LogP contribution in [-0.4, -0.2) is 37.6 Å². The molecule has 0 amide bonds. The van der Waals surface area contributed by atoms with Gasteiger partial charge in [-0.25, -0.2) is 0 Å². The lowest BCUT2D eigenvalue weighted by Gasteiger charge is -2.30. The molecule has 0 aliphatic heterocycles. The second-order valence-electron chi connectivity index (χ2n) is 4.41. The summed E-state index contributed by atoms with van der Waals surface area (Å²) in [6, 6.07) is 0. The first kappa shape index (κ1) is 14.9. The number of hydrogen-bond donors (Lipinski definition) is 1. The van der Waals surface area contributed by atoms with E-state index in [4.69, 9.17) is 9.47 Å². The fraction of sp³-hybridized carbons (Fsp3) is 1.00. The van der Waals surface area contributed by atoms with Crippen LogP contribution in [0.4, 0.5) is 0 Å². The molecule has 0 fully saturated rings. The van der Waals surface area contributed by atoms with Crippen LogP contribution in [0.5, 0.6) is 0 Å². The Morgan fingerprint density at radius 3 is 2.20 bits per heavy atom. The predicted octanol–water partition coefficient (Wildman–Crippen LogP) is 2.08. The Labute approximate surface area is 93.8 Å². The van der Waals surface area contributed by atoms with Gasteiger partial charge in [0.15, 0.2) is 0 Å². The van der Waals surface area contributed by atoms with Crippen LogP contribution in [0.25, 0.3) is 0 Å².